The Morgan fingerprint density at radius 3 is 2.27 bits per heavy atom. The van der Waals surface area contributed by atoms with Crippen LogP contribution in [0.2, 0.25) is 0 Å². The van der Waals surface area contributed by atoms with Gasteiger partial charge in [-0.2, -0.15) is 0 Å². The summed E-state index contributed by atoms with van der Waals surface area (Å²) in [6.07, 6.45) is 3.96. The Hall–Kier alpha value is 0.400. The summed E-state index contributed by atoms with van der Waals surface area (Å²) in [4.78, 5) is 0. The number of rotatable bonds is 6. The molecule has 0 aromatic rings. The van der Waals surface area contributed by atoms with E-state index in [1.807, 2.05) is 0 Å². The van der Waals surface area contributed by atoms with Gasteiger partial charge in [-0.25, -0.2) is 0 Å². The normalized spacial score (nSPS) is 20.0. The second-order valence-electron chi connectivity index (χ2n) is 5.50. The largest absolute Gasteiger partial charge is 0.378 e. The van der Waals surface area contributed by atoms with E-state index in [0.717, 1.165) is 11.9 Å². The van der Waals surface area contributed by atoms with E-state index < -0.39 is 0 Å². The summed E-state index contributed by atoms with van der Waals surface area (Å²) in [6.45, 7) is 8.50. The van der Waals surface area contributed by atoms with Gasteiger partial charge >= 0.3 is 0 Å². The van der Waals surface area contributed by atoms with Crippen LogP contribution in [-0.4, -0.2) is 30.8 Å². The van der Waals surface area contributed by atoms with E-state index in [1.165, 1.54) is 19.3 Å². The van der Waals surface area contributed by atoms with Crippen LogP contribution in [0.25, 0.3) is 0 Å². The molecule has 15 heavy (non-hydrogen) atoms. The van der Waals surface area contributed by atoms with Gasteiger partial charge in [0.25, 0.3) is 0 Å². The highest BCUT2D eigenvalue weighted by Gasteiger charge is 2.35. The van der Waals surface area contributed by atoms with Crippen LogP contribution in [0.15, 0.2) is 0 Å². The lowest BCUT2D eigenvalue weighted by atomic mass is 9.71. The summed E-state index contributed by atoms with van der Waals surface area (Å²) < 4.78 is 11.3. The van der Waals surface area contributed by atoms with Gasteiger partial charge < -0.3 is 9.47 Å². The second-order valence-corrected chi connectivity index (χ2v) is 6.06. The molecule has 1 rings (SSSR count). The summed E-state index contributed by atoms with van der Waals surface area (Å²) in [6, 6.07) is 0. The molecule has 0 amide bonds. The zero-order valence-corrected chi connectivity index (χ0v) is 11.7. The van der Waals surface area contributed by atoms with Crippen LogP contribution in [0.5, 0.6) is 0 Å². The lowest BCUT2D eigenvalue weighted by molar-refractivity contribution is -0.0561. The van der Waals surface area contributed by atoms with E-state index >= 15 is 0 Å². The molecule has 0 heterocycles. The van der Waals surface area contributed by atoms with Crippen molar-refractivity contribution in [1.82, 2.24) is 0 Å². The third-order valence-electron chi connectivity index (χ3n) is 2.87. The quantitative estimate of drug-likeness (QED) is 0.548. The van der Waals surface area contributed by atoms with Crippen LogP contribution in [0.4, 0.5) is 0 Å². The molecule has 2 nitrogen and oxygen atoms in total. The summed E-state index contributed by atoms with van der Waals surface area (Å²) in [7, 11) is 0. The van der Waals surface area contributed by atoms with Crippen molar-refractivity contribution in [3.8, 4) is 0 Å². The van der Waals surface area contributed by atoms with E-state index in [2.05, 4.69) is 36.7 Å². The third kappa shape index (κ3) is 4.83. The smallest absolute Gasteiger partial charge is 0.0707 e. The Morgan fingerprint density at radius 2 is 1.87 bits per heavy atom. The molecule has 0 aromatic carbocycles. The van der Waals surface area contributed by atoms with Gasteiger partial charge in [0, 0.05) is 10.7 Å². The Balaban J connectivity index is 2.02. The zero-order valence-electron chi connectivity index (χ0n) is 10.1. The number of hydrogen-bond donors (Lipinski definition) is 0. The molecule has 0 bridgehead atoms. The van der Waals surface area contributed by atoms with E-state index in [1.54, 1.807) is 0 Å². The van der Waals surface area contributed by atoms with Gasteiger partial charge in [0.15, 0.2) is 0 Å². The maximum Gasteiger partial charge on any atom is 0.0707 e. The monoisotopic (exact) mass is 278 g/mol. The van der Waals surface area contributed by atoms with Crippen LogP contribution in [0.1, 0.15) is 40.0 Å². The van der Waals surface area contributed by atoms with Gasteiger partial charge in [-0.3, -0.25) is 0 Å². The lowest BCUT2D eigenvalue weighted by Crippen LogP contribution is -2.36. The number of alkyl halides is 1. The van der Waals surface area contributed by atoms with Crippen molar-refractivity contribution in [3.05, 3.63) is 0 Å². The minimum atomic E-state index is -0.0487. The molecule has 3 heteroatoms. The van der Waals surface area contributed by atoms with E-state index in [9.17, 15) is 0 Å². The highest BCUT2D eigenvalue weighted by atomic mass is 79.9. The van der Waals surface area contributed by atoms with Crippen LogP contribution >= 0.6 is 15.9 Å². The highest BCUT2D eigenvalue weighted by molar-refractivity contribution is 9.09. The lowest BCUT2D eigenvalue weighted by Gasteiger charge is -2.40. The average Bonchev–Trinajstić information content (AvgIpc) is 2.06. The Morgan fingerprint density at radius 1 is 1.20 bits per heavy atom. The van der Waals surface area contributed by atoms with Gasteiger partial charge in [0.2, 0.25) is 0 Å². The molecular weight excluding hydrogens is 256 g/mol. The SMILES string of the molecule is CC(C)(C)OCCOCC1(CBr)CCC1. The Labute approximate surface area is 102 Å². The third-order valence-corrected chi connectivity index (χ3v) is 4.06. The van der Waals surface area contributed by atoms with Crippen molar-refractivity contribution in [2.45, 2.75) is 45.6 Å². The first kappa shape index (κ1) is 13.5. The molecule has 1 aliphatic carbocycles. The standard InChI is InChI=1S/C12H23BrO2/c1-11(2,3)15-8-7-14-10-12(9-13)5-4-6-12/h4-10H2,1-3H3. The second kappa shape index (κ2) is 5.65. The molecule has 0 aromatic heterocycles. The van der Waals surface area contributed by atoms with Crippen molar-refractivity contribution in [3.63, 3.8) is 0 Å². The molecule has 1 aliphatic rings. The molecule has 0 atom stereocenters. The van der Waals surface area contributed by atoms with Crippen LogP contribution < -0.4 is 0 Å². The average molecular weight is 279 g/mol. The van der Waals surface area contributed by atoms with Crippen molar-refractivity contribution >= 4 is 15.9 Å². The highest BCUT2D eigenvalue weighted by Crippen LogP contribution is 2.42. The first-order valence-electron chi connectivity index (χ1n) is 5.75. The fourth-order valence-corrected chi connectivity index (χ4v) is 2.41. The predicted octanol–water partition coefficient (Wildman–Crippen LogP) is 3.38. The van der Waals surface area contributed by atoms with E-state index in [-0.39, 0.29) is 5.60 Å². The molecule has 0 N–H and O–H groups in total. The van der Waals surface area contributed by atoms with Crippen LogP contribution in [0.3, 0.4) is 0 Å². The predicted molar refractivity (Wildman–Crippen MR) is 66.6 cm³/mol. The van der Waals surface area contributed by atoms with E-state index in [0.29, 0.717) is 18.6 Å². The molecule has 0 saturated heterocycles. The van der Waals surface area contributed by atoms with Gasteiger partial charge in [-0.05, 0) is 33.6 Å². The molecular formula is C12H23BrO2. The fourth-order valence-electron chi connectivity index (χ4n) is 1.69. The maximum absolute atomic E-state index is 5.67. The summed E-state index contributed by atoms with van der Waals surface area (Å²) in [5.74, 6) is 0. The van der Waals surface area contributed by atoms with Crippen molar-refractivity contribution < 1.29 is 9.47 Å². The number of halogens is 1. The van der Waals surface area contributed by atoms with Gasteiger partial charge in [0.1, 0.15) is 0 Å². The van der Waals surface area contributed by atoms with Crippen LogP contribution in [0, 0.1) is 5.41 Å². The summed E-state index contributed by atoms with van der Waals surface area (Å²) in [5, 5.41) is 1.07. The van der Waals surface area contributed by atoms with Gasteiger partial charge in [0.05, 0.1) is 25.4 Å². The minimum Gasteiger partial charge on any atom is -0.378 e. The molecule has 1 fully saturated rings. The molecule has 0 radical (unpaired) electrons. The fraction of sp³-hybridized carbons (Fsp3) is 1.00. The first-order valence-corrected chi connectivity index (χ1v) is 6.87. The van der Waals surface area contributed by atoms with Crippen LogP contribution in [-0.2, 0) is 9.47 Å². The topological polar surface area (TPSA) is 18.5 Å². The Bertz CT molecular complexity index is 177. The molecule has 0 spiro atoms. The molecule has 90 valence electrons. The zero-order chi connectivity index (χ0) is 11.4. The number of ether oxygens (including phenoxy) is 2. The van der Waals surface area contributed by atoms with Crippen molar-refractivity contribution in [1.29, 1.82) is 0 Å². The summed E-state index contributed by atoms with van der Waals surface area (Å²) in [5.41, 5.74) is 0.384. The minimum absolute atomic E-state index is 0.0487. The number of hydrogen-bond acceptors (Lipinski definition) is 2. The first-order chi connectivity index (χ1) is 6.97. The van der Waals surface area contributed by atoms with Gasteiger partial charge in [-0.1, -0.05) is 22.4 Å². The maximum atomic E-state index is 5.67. The van der Waals surface area contributed by atoms with Crippen molar-refractivity contribution in [2.75, 3.05) is 25.2 Å². The molecule has 0 aliphatic heterocycles. The molecule has 0 unspecified atom stereocenters. The summed E-state index contributed by atoms with van der Waals surface area (Å²) >= 11 is 3.57. The van der Waals surface area contributed by atoms with E-state index in [4.69, 9.17) is 9.47 Å². The Kier molecular flexibility index (Phi) is 5.07. The van der Waals surface area contributed by atoms with Gasteiger partial charge in [-0.15, -0.1) is 0 Å². The molecule has 1 saturated carbocycles. The van der Waals surface area contributed by atoms with Crippen molar-refractivity contribution in [2.24, 2.45) is 5.41 Å².